The summed E-state index contributed by atoms with van der Waals surface area (Å²) in [5, 5.41) is 0. The van der Waals surface area contributed by atoms with Crippen molar-refractivity contribution >= 4 is 6.09 Å². The van der Waals surface area contributed by atoms with Gasteiger partial charge in [0.25, 0.3) is 0 Å². The minimum atomic E-state index is -1.31. The summed E-state index contributed by atoms with van der Waals surface area (Å²) in [6.07, 6.45) is 0.271. The summed E-state index contributed by atoms with van der Waals surface area (Å²) < 4.78 is 20.2. The van der Waals surface area contributed by atoms with Gasteiger partial charge in [0.15, 0.2) is 0 Å². The van der Waals surface area contributed by atoms with Gasteiger partial charge in [0.05, 0.1) is 0 Å². The van der Waals surface area contributed by atoms with Gasteiger partial charge in [-0.1, -0.05) is 13.8 Å². The van der Waals surface area contributed by atoms with E-state index in [1.807, 2.05) is 34.6 Å². The molecular formula is C14H27FN2O2. The molecule has 1 fully saturated rings. The van der Waals surface area contributed by atoms with Gasteiger partial charge in [0.1, 0.15) is 11.3 Å². The first-order valence-electron chi connectivity index (χ1n) is 6.88. The average molecular weight is 274 g/mol. The van der Waals surface area contributed by atoms with Gasteiger partial charge in [-0.25, -0.2) is 9.18 Å². The number of ether oxygens (including phenoxy) is 1. The van der Waals surface area contributed by atoms with Gasteiger partial charge < -0.3 is 15.4 Å². The van der Waals surface area contributed by atoms with E-state index < -0.39 is 16.7 Å². The molecule has 1 aliphatic heterocycles. The van der Waals surface area contributed by atoms with E-state index in [4.69, 9.17) is 10.5 Å². The standard InChI is InChI=1S/C14H27FN2O2/c1-12(2,3)19-11(18)17-8-6-14(15,7-9-17)13(4,5)10-16/h6-10,16H2,1-5H3. The zero-order chi connectivity index (χ0) is 14.9. The largest absolute Gasteiger partial charge is 0.444 e. The van der Waals surface area contributed by atoms with Crippen LogP contribution in [0.5, 0.6) is 0 Å². The molecule has 0 aromatic rings. The molecule has 1 saturated heterocycles. The summed E-state index contributed by atoms with van der Waals surface area (Å²) in [6, 6.07) is 0. The van der Waals surface area contributed by atoms with E-state index in [0.29, 0.717) is 32.5 Å². The highest BCUT2D eigenvalue weighted by Gasteiger charge is 2.47. The van der Waals surface area contributed by atoms with Crippen LogP contribution in [0.1, 0.15) is 47.5 Å². The number of alkyl halides is 1. The lowest BCUT2D eigenvalue weighted by Crippen LogP contribution is -2.54. The van der Waals surface area contributed by atoms with E-state index in [9.17, 15) is 9.18 Å². The van der Waals surface area contributed by atoms with E-state index in [-0.39, 0.29) is 6.09 Å². The molecule has 1 rings (SSSR count). The van der Waals surface area contributed by atoms with Crippen molar-refractivity contribution < 1.29 is 13.9 Å². The van der Waals surface area contributed by atoms with Crippen LogP contribution in [0.2, 0.25) is 0 Å². The monoisotopic (exact) mass is 274 g/mol. The molecule has 1 aliphatic rings. The molecule has 0 aromatic carbocycles. The number of nitrogens with two attached hydrogens (primary N) is 1. The molecule has 112 valence electrons. The number of halogens is 1. The Labute approximate surface area is 115 Å². The molecule has 1 amide bonds. The second-order valence-electron chi connectivity index (χ2n) is 7.02. The number of hydrogen-bond donors (Lipinski definition) is 1. The zero-order valence-electron chi connectivity index (χ0n) is 12.8. The Kier molecular flexibility index (Phi) is 4.50. The summed E-state index contributed by atoms with van der Waals surface area (Å²) in [5.41, 5.74) is 3.27. The SMILES string of the molecule is CC(C)(C)OC(=O)N1CCC(F)(C(C)(C)CN)CC1. The van der Waals surface area contributed by atoms with Gasteiger partial charge in [0, 0.05) is 25.0 Å². The fourth-order valence-electron chi connectivity index (χ4n) is 2.23. The number of carbonyl (C=O) groups is 1. The lowest BCUT2D eigenvalue weighted by Gasteiger charge is -2.45. The van der Waals surface area contributed by atoms with Crippen LogP contribution in [-0.2, 0) is 4.74 Å². The van der Waals surface area contributed by atoms with Crippen LogP contribution in [0.15, 0.2) is 0 Å². The lowest BCUT2D eigenvalue weighted by atomic mass is 9.71. The highest BCUT2D eigenvalue weighted by Crippen LogP contribution is 2.42. The van der Waals surface area contributed by atoms with Crippen LogP contribution >= 0.6 is 0 Å². The Bertz CT molecular complexity index is 329. The molecule has 0 bridgehead atoms. The van der Waals surface area contributed by atoms with Crippen molar-refractivity contribution in [1.29, 1.82) is 0 Å². The first kappa shape index (κ1) is 16.2. The number of carbonyl (C=O) groups excluding carboxylic acids is 1. The molecule has 0 radical (unpaired) electrons. The van der Waals surface area contributed by atoms with E-state index in [0.717, 1.165) is 0 Å². The third-order valence-corrected chi connectivity index (χ3v) is 3.93. The molecule has 5 heteroatoms. The fourth-order valence-corrected chi connectivity index (χ4v) is 2.23. The Balaban J connectivity index is 2.60. The maximum absolute atomic E-state index is 14.9. The van der Waals surface area contributed by atoms with Crippen molar-refractivity contribution in [2.75, 3.05) is 19.6 Å². The smallest absolute Gasteiger partial charge is 0.410 e. The number of nitrogens with zero attached hydrogens (tertiary/aromatic N) is 1. The van der Waals surface area contributed by atoms with Crippen LogP contribution in [-0.4, -0.2) is 41.9 Å². The third kappa shape index (κ3) is 3.81. The number of likely N-dealkylation sites (tertiary alicyclic amines) is 1. The molecule has 4 nitrogen and oxygen atoms in total. The lowest BCUT2D eigenvalue weighted by molar-refractivity contribution is -0.0417. The maximum atomic E-state index is 14.9. The number of amides is 1. The van der Waals surface area contributed by atoms with Crippen molar-refractivity contribution in [3.05, 3.63) is 0 Å². The van der Waals surface area contributed by atoms with Crippen LogP contribution in [0, 0.1) is 5.41 Å². The van der Waals surface area contributed by atoms with Gasteiger partial charge in [0.2, 0.25) is 0 Å². The predicted molar refractivity (Wildman–Crippen MR) is 73.7 cm³/mol. The van der Waals surface area contributed by atoms with Crippen molar-refractivity contribution in [2.24, 2.45) is 11.1 Å². The highest BCUT2D eigenvalue weighted by molar-refractivity contribution is 5.68. The molecule has 0 atom stereocenters. The topological polar surface area (TPSA) is 55.6 Å². The van der Waals surface area contributed by atoms with E-state index >= 15 is 0 Å². The summed E-state index contributed by atoms with van der Waals surface area (Å²) >= 11 is 0. The Morgan fingerprint density at radius 3 is 2.11 bits per heavy atom. The van der Waals surface area contributed by atoms with Gasteiger partial charge in [-0.3, -0.25) is 0 Å². The van der Waals surface area contributed by atoms with Crippen molar-refractivity contribution in [3.63, 3.8) is 0 Å². The average Bonchev–Trinajstić information content (AvgIpc) is 2.27. The summed E-state index contributed by atoms with van der Waals surface area (Å²) in [6.45, 7) is 10.2. The Morgan fingerprint density at radius 2 is 1.74 bits per heavy atom. The Hall–Kier alpha value is -0.840. The minimum absolute atomic E-state index is 0.302. The number of hydrogen-bond acceptors (Lipinski definition) is 3. The first-order valence-corrected chi connectivity index (χ1v) is 6.88. The van der Waals surface area contributed by atoms with Gasteiger partial charge in [-0.05, 0) is 33.6 Å². The summed E-state index contributed by atoms with van der Waals surface area (Å²) in [4.78, 5) is 13.5. The minimum Gasteiger partial charge on any atom is -0.444 e. The second-order valence-corrected chi connectivity index (χ2v) is 7.02. The molecule has 0 aromatic heterocycles. The number of rotatable bonds is 2. The van der Waals surface area contributed by atoms with Crippen LogP contribution in [0.3, 0.4) is 0 Å². The third-order valence-electron chi connectivity index (χ3n) is 3.93. The quantitative estimate of drug-likeness (QED) is 0.842. The van der Waals surface area contributed by atoms with Crippen molar-refractivity contribution in [3.8, 4) is 0 Å². The van der Waals surface area contributed by atoms with Crippen LogP contribution < -0.4 is 5.73 Å². The van der Waals surface area contributed by atoms with Gasteiger partial charge >= 0.3 is 6.09 Å². The first-order chi connectivity index (χ1) is 8.51. The number of piperidine rings is 1. The molecule has 0 saturated carbocycles. The highest BCUT2D eigenvalue weighted by atomic mass is 19.1. The van der Waals surface area contributed by atoms with Gasteiger partial charge in [-0.15, -0.1) is 0 Å². The van der Waals surface area contributed by atoms with E-state index in [1.54, 1.807) is 4.90 Å². The fraction of sp³-hybridized carbons (Fsp3) is 0.929. The predicted octanol–water partition coefficient (Wildman–Crippen LogP) is 2.71. The molecule has 2 N–H and O–H groups in total. The molecule has 19 heavy (non-hydrogen) atoms. The van der Waals surface area contributed by atoms with Crippen molar-refractivity contribution in [2.45, 2.75) is 58.7 Å². The normalized spacial score (nSPS) is 20.3. The molecule has 0 spiro atoms. The van der Waals surface area contributed by atoms with E-state index in [1.165, 1.54) is 0 Å². The van der Waals surface area contributed by atoms with Gasteiger partial charge in [-0.2, -0.15) is 0 Å². The maximum Gasteiger partial charge on any atom is 0.410 e. The Morgan fingerprint density at radius 1 is 1.26 bits per heavy atom. The summed E-state index contributed by atoms with van der Waals surface area (Å²) in [5.74, 6) is 0. The van der Waals surface area contributed by atoms with Crippen LogP contribution in [0.4, 0.5) is 9.18 Å². The molecule has 1 heterocycles. The van der Waals surface area contributed by atoms with Crippen LogP contribution in [0.25, 0.3) is 0 Å². The summed E-state index contributed by atoms with van der Waals surface area (Å²) in [7, 11) is 0. The van der Waals surface area contributed by atoms with E-state index in [2.05, 4.69) is 0 Å². The van der Waals surface area contributed by atoms with Crippen molar-refractivity contribution in [1.82, 2.24) is 4.90 Å². The molecule has 0 aliphatic carbocycles. The zero-order valence-corrected chi connectivity index (χ0v) is 12.8. The second kappa shape index (κ2) is 5.27. The molecular weight excluding hydrogens is 247 g/mol. The molecule has 0 unspecified atom stereocenters.